The van der Waals surface area contributed by atoms with Crippen molar-refractivity contribution in [2.75, 3.05) is 0 Å². The number of aromatic nitrogens is 5. The van der Waals surface area contributed by atoms with E-state index in [9.17, 15) is 0 Å². The number of para-hydroxylation sites is 1. The summed E-state index contributed by atoms with van der Waals surface area (Å²) in [4.78, 5) is 20.5. The monoisotopic (exact) mass is 543 g/mol. The van der Waals surface area contributed by atoms with Gasteiger partial charge in [0.25, 0.3) is 0 Å². The van der Waals surface area contributed by atoms with Crippen molar-refractivity contribution < 1.29 is 0 Å². The molecule has 3 aromatic carbocycles. The second-order valence-corrected chi connectivity index (χ2v) is 10.3. The van der Waals surface area contributed by atoms with Crippen molar-refractivity contribution in [2.45, 2.75) is 11.3 Å². The Balaban J connectivity index is 1.57. The van der Waals surface area contributed by atoms with Gasteiger partial charge in [0.05, 0.1) is 16.7 Å². The Labute approximate surface area is 241 Å². The summed E-state index contributed by atoms with van der Waals surface area (Å²) < 4.78 is 2.04. The summed E-state index contributed by atoms with van der Waals surface area (Å²) >= 11 is 5.24. The van der Waals surface area contributed by atoms with E-state index in [1.54, 1.807) is 6.20 Å². The van der Waals surface area contributed by atoms with E-state index in [-0.39, 0.29) is 0 Å². The van der Waals surface area contributed by atoms with Gasteiger partial charge in [0, 0.05) is 51.0 Å². The van der Waals surface area contributed by atoms with Crippen LogP contribution in [0.2, 0.25) is 0 Å². The highest BCUT2D eigenvalue weighted by molar-refractivity contribution is 7.80. The van der Waals surface area contributed by atoms with Gasteiger partial charge < -0.3 is 0 Å². The molecule has 7 aromatic rings. The van der Waals surface area contributed by atoms with Crippen molar-refractivity contribution in [1.82, 2.24) is 24.5 Å². The predicted octanol–water partition coefficient (Wildman–Crippen LogP) is 7.97. The third-order valence-electron chi connectivity index (χ3n) is 7.47. The normalized spacial score (nSPS) is 13.0. The van der Waals surface area contributed by atoms with E-state index in [2.05, 4.69) is 65.4 Å². The van der Waals surface area contributed by atoms with Crippen LogP contribution in [0.3, 0.4) is 0 Å². The van der Waals surface area contributed by atoms with E-state index < -0.39 is 0 Å². The SMILES string of the molecule is Sc1c(C2=CC=CCC#C2)c2ccccc2c2c3cccnc3n(-c3nc(-c4ccccn4)c4ccccc4n3)c12. The average Bonchev–Trinajstić information content (AvgIpc) is 3.15. The summed E-state index contributed by atoms with van der Waals surface area (Å²) in [5, 5.41) is 5.21. The Morgan fingerprint density at radius 3 is 2.41 bits per heavy atom. The Bertz CT molecular complexity index is 2300. The van der Waals surface area contributed by atoms with Gasteiger partial charge in [-0.05, 0) is 47.2 Å². The summed E-state index contributed by atoms with van der Waals surface area (Å²) in [5.74, 6) is 7.16. The van der Waals surface area contributed by atoms with Crippen molar-refractivity contribution in [1.29, 1.82) is 0 Å². The van der Waals surface area contributed by atoms with Gasteiger partial charge in [-0.1, -0.05) is 72.5 Å². The molecule has 0 N–H and O–H groups in total. The molecule has 41 heavy (non-hydrogen) atoms. The van der Waals surface area contributed by atoms with Crippen LogP contribution < -0.4 is 0 Å². The van der Waals surface area contributed by atoms with Gasteiger partial charge in [-0.15, -0.1) is 12.6 Å². The van der Waals surface area contributed by atoms with E-state index in [0.29, 0.717) is 12.4 Å². The van der Waals surface area contributed by atoms with Crippen molar-refractivity contribution >= 4 is 61.8 Å². The van der Waals surface area contributed by atoms with Crippen LogP contribution in [-0.4, -0.2) is 24.5 Å². The predicted molar refractivity (Wildman–Crippen MR) is 169 cm³/mol. The molecule has 0 saturated heterocycles. The van der Waals surface area contributed by atoms with Gasteiger partial charge >= 0.3 is 0 Å². The van der Waals surface area contributed by atoms with Crippen LogP contribution in [0.25, 0.3) is 66.5 Å². The molecule has 0 radical (unpaired) electrons. The highest BCUT2D eigenvalue weighted by Crippen LogP contribution is 2.44. The lowest BCUT2D eigenvalue weighted by molar-refractivity contribution is 0.987. The highest BCUT2D eigenvalue weighted by Gasteiger charge is 2.24. The van der Waals surface area contributed by atoms with Crippen LogP contribution in [-0.2, 0) is 0 Å². The molecule has 1 aliphatic rings. The third-order valence-corrected chi connectivity index (χ3v) is 7.90. The van der Waals surface area contributed by atoms with E-state index in [0.717, 1.165) is 71.0 Å². The van der Waals surface area contributed by atoms with E-state index in [4.69, 9.17) is 27.6 Å². The smallest absolute Gasteiger partial charge is 0.237 e. The van der Waals surface area contributed by atoms with Crippen LogP contribution in [0, 0.1) is 11.8 Å². The first-order chi connectivity index (χ1) is 20.3. The topological polar surface area (TPSA) is 56.5 Å². The lowest BCUT2D eigenvalue weighted by atomic mass is 9.94. The molecule has 1 aliphatic carbocycles. The molecule has 0 fully saturated rings. The summed E-state index contributed by atoms with van der Waals surface area (Å²) in [7, 11) is 0. The minimum atomic E-state index is 0.514. The summed E-state index contributed by atoms with van der Waals surface area (Å²) in [5.41, 5.74) is 5.96. The number of nitrogens with zero attached hydrogens (tertiary/aromatic N) is 5. The minimum absolute atomic E-state index is 0.514. The number of pyridine rings is 2. The molecular formula is C35H21N5S. The summed E-state index contributed by atoms with van der Waals surface area (Å²) in [6.07, 6.45) is 10.5. The Morgan fingerprint density at radius 1 is 0.756 bits per heavy atom. The standard InChI is InChI=1S/C35H21N5S/c41-33-29(22-12-3-1-2-4-13-22)23-14-5-6-15-24(23)30-26-17-11-21-37-34(26)40(32(30)33)35-38-27-18-8-7-16-25(27)31(39-35)28-19-9-10-20-36-28/h1,3,5-12,14-21,41H,2H2. The first kappa shape index (κ1) is 23.6. The number of hydrogen-bond acceptors (Lipinski definition) is 5. The van der Waals surface area contributed by atoms with Crippen molar-refractivity contribution in [3.8, 4) is 29.2 Å². The maximum Gasteiger partial charge on any atom is 0.237 e. The zero-order chi connectivity index (χ0) is 27.3. The van der Waals surface area contributed by atoms with Gasteiger partial charge in [-0.25, -0.2) is 15.0 Å². The Hall–Kier alpha value is -5.25. The van der Waals surface area contributed by atoms with Crippen LogP contribution in [0.4, 0.5) is 0 Å². The average molecular weight is 544 g/mol. The Kier molecular flexibility index (Phi) is 5.44. The van der Waals surface area contributed by atoms with E-state index in [1.165, 1.54) is 0 Å². The van der Waals surface area contributed by atoms with Crippen molar-refractivity contribution in [3.63, 3.8) is 0 Å². The van der Waals surface area contributed by atoms with E-state index in [1.807, 2.05) is 59.3 Å². The summed E-state index contributed by atoms with van der Waals surface area (Å²) in [6, 6.07) is 26.4. The zero-order valence-corrected chi connectivity index (χ0v) is 22.7. The molecule has 8 rings (SSSR count). The largest absolute Gasteiger partial charge is 0.260 e. The molecule has 0 atom stereocenters. The second kappa shape index (κ2) is 9.44. The lowest BCUT2D eigenvalue weighted by Crippen LogP contribution is -2.05. The first-order valence-electron chi connectivity index (χ1n) is 13.4. The molecule has 5 nitrogen and oxygen atoms in total. The number of rotatable bonds is 3. The van der Waals surface area contributed by atoms with Crippen molar-refractivity contribution in [2.24, 2.45) is 0 Å². The molecule has 0 bridgehead atoms. The van der Waals surface area contributed by atoms with Gasteiger partial charge in [-0.3, -0.25) is 9.55 Å². The molecule has 0 saturated carbocycles. The van der Waals surface area contributed by atoms with Crippen LogP contribution in [0.1, 0.15) is 12.0 Å². The third kappa shape index (κ3) is 3.67. The molecule has 6 heteroatoms. The zero-order valence-electron chi connectivity index (χ0n) is 21.8. The fourth-order valence-electron chi connectivity index (χ4n) is 5.73. The number of hydrogen-bond donors (Lipinski definition) is 1. The van der Waals surface area contributed by atoms with Crippen LogP contribution in [0.15, 0.2) is 114 Å². The van der Waals surface area contributed by atoms with Crippen molar-refractivity contribution in [3.05, 3.63) is 115 Å². The Morgan fingerprint density at radius 2 is 1.54 bits per heavy atom. The number of fused-ring (bicyclic) bond motifs is 6. The van der Waals surface area contributed by atoms with Gasteiger partial charge in [0.2, 0.25) is 5.95 Å². The summed E-state index contributed by atoms with van der Waals surface area (Å²) in [6.45, 7) is 0. The molecule has 192 valence electrons. The molecular weight excluding hydrogens is 522 g/mol. The van der Waals surface area contributed by atoms with Crippen LogP contribution in [0.5, 0.6) is 0 Å². The number of thiol groups is 1. The fourth-order valence-corrected chi connectivity index (χ4v) is 6.19. The van der Waals surface area contributed by atoms with Gasteiger partial charge in [0.15, 0.2) is 0 Å². The molecule has 0 spiro atoms. The quantitative estimate of drug-likeness (QED) is 0.181. The van der Waals surface area contributed by atoms with Crippen LogP contribution >= 0.6 is 12.6 Å². The van der Waals surface area contributed by atoms with Gasteiger partial charge in [-0.2, -0.15) is 0 Å². The minimum Gasteiger partial charge on any atom is -0.260 e. The highest BCUT2D eigenvalue weighted by atomic mass is 32.1. The maximum absolute atomic E-state index is 5.24. The second-order valence-electron chi connectivity index (χ2n) is 9.82. The molecule has 4 aromatic heterocycles. The number of benzene rings is 3. The lowest BCUT2D eigenvalue weighted by Gasteiger charge is -2.15. The van der Waals surface area contributed by atoms with Gasteiger partial charge in [0.1, 0.15) is 11.3 Å². The molecule has 4 heterocycles. The number of allylic oxidation sites excluding steroid dienone is 4. The fraction of sp³-hybridized carbons (Fsp3) is 0.0286. The van der Waals surface area contributed by atoms with E-state index >= 15 is 0 Å². The molecule has 0 aliphatic heterocycles. The molecule has 0 amide bonds. The molecule has 0 unspecified atom stereocenters. The maximum atomic E-state index is 5.24. The first-order valence-corrected chi connectivity index (χ1v) is 13.8.